The Hall–Kier alpha value is -2.49. The second-order valence-corrected chi connectivity index (χ2v) is 4.46. The lowest BCUT2D eigenvalue weighted by atomic mass is 10.1. The summed E-state index contributed by atoms with van der Waals surface area (Å²) in [5.74, 6) is 1.47. The molecule has 4 nitrogen and oxygen atoms in total. The van der Waals surface area contributed by atoms with Crippen LogP contribution in [-0.4, -0.2) is 16.2 Å². The molecule has 0 bridgehead atoms. The van der Waals surface area contributed by atoms with Crippen LogP contribution in [0.2, 0.25) is 0 Å². The lowest BCUT2D eigenvalue weighted by Gasteiger charge is -2.09. The molecule has 0 radical (unpaired) electrons. The first-order chi connectivity index (χ1) is 9.70. The van der Waals surface area contributed by atoms with Gasteiger partial charge in [-0.15, -0.1) is 6.58 Å². The van der Waals surface area contributed by atoms with Gasteiger partial charge in [-0.2, -0.15) is 5.10 Å². The molecule has 0 amide bonds. The van der Waals surface area contributed by atoms with Gasteiger partial charge in [0, 0.05) is 11.3 Å². The topological polar surface area (TPSA) is 50.2 Å². The molecule has 2 aromatic rings. The number of hydrogen-bond acceptors (Lipinski definition) is 4. The number of rotatable bonds is 5. The highest BCUT2D eigenvalue weighted by atomic mass is 15.3. The van der Waals surface area contributed by atoms with Gasteiger partial charge in [0.15, 0.2) is 5.82 Å². The summed E-state index contributed by atoms with van der Waals surface area (Å²) in [5, 5.41) is 4.24. The number of hydrogen-bond donors (Lipinski definition) is 1. The van der Waals surface area contributed by atoms with E-state index in [1.165, 1.54) is 0 Å². The summed E-state index contributed by atoms with van der Waals surface area (Å²) in [4.78, 5) is 8.77. The van der Waals surface area contributed by atoms with Crippen molar-refractivity contribution in [2.45, 2.75) is 20.3 Å². The molecule has 0 unspecified atom stereocenters. The maximum atomic E-state index is 4.40. The standard InChI is InChI=1S/C16H18N4/c1-4-8-15-12(2)18-13(3)19-16(15)20-17-11-14-9-6-5-7-10-14/h4-7,9-11H,1,8H2,2-3H3,(H,18,19,20). The van der Waals surface area contributed by atoms with Gasteiger partial charge in [-0.25, -0.2) is 9.97 Å². The third-order valence-corrected chi connectivity index (χ3v) is 2.86. The third kappa shape index (κ3) is 3.51. The molecule has 0 aliphatic carbocycles. The summed E-state index contributed by atoms with van der Waals surface area (Å²) in [7, 11) is 0. The Bertz CT molecular complexity index is 618. The number of nitrogens with zero attached hydrogens (tertiary/aromatic N) is 3. The number of hydrazone groups is 1. The third-order valence-electron chi connectivity index (χ3n) is 2.86. The molecule has 0 saturated carbocycles. The number of aromatic nitrogens is 2. The molecule has 1 aromatic carbocycles. The molecule has 20 heavy (non-hydrogen) atoms. The van der Waals surface area contributed by atoms with E-state index < -0.39 is 0 Å². The van der Waals surface area contributed by atoms with Crippen LogP contribution in [0, 0.1) is 13.8 Å². The van der Waals surface area contributed by atoms with Crippen molar-refractivity contribution in [1.29, 1.82) is 0 Å². The average Bonchev–Trinajstić information content (AvgIpc) is 2.43. The minimum Gasteiger partial charge on any atom is -0.261 e. The van der Waals surface area contributed by atoms with Gasteiger partial charge in [0.2, 0.25) is 0 Å². The van der Waals surface area contributed by atoms with Gasteiger partial charge in [-0.05, 0) is 25.8 Å². The molecular formula is C16H18N4. The van der Waals surface area contributed by atoms with E-state index in [0.29, 0.717) is 0 Å². The number of allylic oxidation sites excluding steroid dienone is 1. The van der Waals surface area contributed by atoms with E-state index >= 15 is 0 Å². The highest BCUT2D eigenvalue weighted by Crippen LogP contribution is 2.17. The molecule has 0 atom stereocenters. The Balaban J connectivity index is 2.20. The molecule has 1 N–H and O–H groups in total. The minimum atomic E-state index is 0.718. The van der Waals surface area contributed by atoms with Crippen molar-refractivity contribution >= 4 is 12.0 Å². The maximum Gasteiger partial charge on any atom is 0.153 e. The van der Waals surface area contributed by atoms with Crippen LogP contribution in [0.25, 0.3) is 0 Å². The molecule has 0 aliphatic rings. The summed E-state index contributed by atoms with van der Waals surface area (Å²) in [6.45, 7) is 7.61. The molecular weight excluding hydrogens is 248 g/mol. The SMILES string of the molecule is C=CCc1c(C)nc(C)nc1NN=Cc1ccccc1. The molecule has 4 heteroatoms. The van der Waals surface area contributed by atoms with Gasteiger partial charge < -0.3 is 0 Å². The van der Waals surface area contributed by atoms with Crippen molar-refractivity contribution in [2.75, 3.05) is 5.43 Å². The van der Waals surface area contributed by atoms with Crippen molar-refractivity contribution < 1.29 is 0 Å². The predicted molar refractivity (Wildman–Crippen MR) is 83.1 cm³/mol. The van der Waals surface area contributed by atoms with Gasteiger partial charge in [0.05, 0.1) is 6.21 Å². The Kier molecular flexibility index (Phi) is 4.60. The second kappa shape index (κ2) is 6.61. The Morgan fingerprint density at radius 1 is 1.20 bits per heavy atom. The van der Waals surface area contributed by atoms with Crippen molar-refractivity contribution in [3.63, 3.8) is 0 Å². The van der Waals surface area contributed by atoms with Gasteiger partial charge in [0.1, 0.15) is 5.82 Å². The predicted octanol–water partition coefficient (Wildman–Crippen LogP) is 3.27. The quantitative estimate of drug-likeness (QED) is 0.513. The van der Waals surface area contributed by atoms with Gasteiger partial charge in [0.25, 0.3) is 0 Å². The van der Waals surface area contributed by atoms with E-state index in [2.05, 4.69) is 27.1 Å². The molecule has 2 rings (SSSR count). The largest absolute Gasteiger partial charge is 0.261 e. The van der Waals surface area contributed by atoms with Crippen LogP contribution in [0.5, 0.6) is 0 Å². The van der Waals surface area contributed by atoms with E-state index in [1.54, 1.807) is 6.21 Å². The lowest BCUT2D eigenvalue weighted by Crippen LogP contribution is -2.05. The van der Waals surface area contributed by atoms with Gasteiger partial charge in [-0.1, -0.05) is 36.4 Å². The second-order valence-electron chi connectivity index (χ2n) is 4.46. The van der Waals surface area contributed by atoms with Gasteiger partial charge >= 0.3 is 0 Å². The zero-order chi connectivity index (χ0) is 14.4. The van der Waals surface area contributed by atoms with Crippen LogP contribution in [0.1, 0.15) is 22.6 Å². The highest BCUT2D eigenvalue weighted by molar-refractivity contribution is 5.80. The fraction of sp³-hybridized carbons (Fsp3) is 0.188. The fourth-order valence-electron chi connectivity index (χ4n) is 1.92. The maximum absolute atomic E-state index is 4.40. The fourth-order valence-corrected chi connectivity index (χ4v) is 1.92. The van der Waals surface area contributed by atoms with Crippen LogP contribution in [0.3, 0.4) is 0 Å². The monoisotopic (exact) mass is 266 g/mol. The van der Waals surface area contributed by atoms with Crippen LogP contribution < -0.4 is 5.43 Å². The smallest absolute Gasteiger partial charge is 0.153 e. The van der Waals surface area contributed by atoms with Crippen LogP contribution in [0.4, 0.5) is 5.82 Å². The zero-order valence-electron chi connectivity index (χ0n) is 11.8. The number of anilines is 1. The summed E-state index contributed by atoms with van der Waals surface area (Å²) in [6.07, 6.45) is 4.33. The molecule has 1 heterocycles. The minimum absolute atomic E-state index is 0.718. The van der Waals surface area contributed by atoms with Crippen molar-refractivity contribution in [3.05, 3.63) is 65.6 Å². The molecule has 0 saturated heterocycles. The number of nitrogens with one attached hydrogen (secondary N) is 1. The molecule has 1 aromatic heterocycles. The van der Waals surface area contributed by atoms with Crippen molar-refractivity contribution in [2.24, 2.45) is 5.10 Å². The highest BCUT2D eigenvalue weighted by Gasteiger charge is 2.07. The lowest BCUT2D eigenvalue weighted by molar-refractivity contribution is 0.964. The van der Waals surface area contributed by atoms with E-state index in [4.69, 9.17) is 0 Å². The summed E-state index contributed by atoms with van der Waals surface area (Å²) >= 11 is 0. The van der Waals surface area contributed by atoms with Crippen LogP contribution in [0.15, 0.2) is 48.1 Å². The van der Waals surface area contributed by atoms with E-state index in [0.717, 1.165) is 34.9 Å². The van der Waals surface area contributed by atoms with Crippen LogP contribution in [-0.2, 0) is 6.42 Å². The molecule has 0 aliphatic heterocycles. The Labute approximate surface area is 119 Å². The van der Waals surface area contributed by atoms with Gasteiger partial charge in [-0.3, -0.25) is 5.43 Å². The van der Waals surface area contributed by atoms with E-state index in [1.807, 2.05) is 50.3 Å². The molecule has 0 fully saturated rings. The summed E-state index contributed by atoms with van der Waals surface area (Å²) < 4.78 is 0. The number of benzene rings is 1. The Morgan fingerprint density at radius 2 is 1.95 bits per heavy atom. The van der Waals surface area contributed by atoms with Crippen molar-refractivity contribution in [3.8, 4) is 0 Å². The first-order valence-electron chi connectivity index (χ1n) is 6.50. The first kappa shape index (κ1) is 13.9. The average molecular weight is 266 g/mol. The summed E-state index contributed by atoms with van der Waals surface area (Å²) in [6, 6.07) is 9.91. The van der Waals surface area contributed by atoms with Crippen molar-refractivity contribution in [1.82, 2.24) is 9.97 Å². The van der Waals surface area contributed by atoms with E-state index in [-0.39, 0.29) is 0 Å². The first-order valence-corrected chi connectivity index (χ1v) is 6.50. The normalized spacial score (nSPS) is 10.7. The zero-order valence-corrected chi connectivity index (χ0v) is 11.8. The number of aryl methyl sites for hydroxylation is 2. The summed E-state index contributed by atoms with van der Waals surface area (Å²) in [5.41, 5.74) is 6.01. The van der Waals surface area contributed by atoms with Crippen LogP contribution >= 0.6 is 0 Å². The molecule has 0 spiro atoms. The molecule has 102 valence electrons. The Morgan fingerprint density at radius 3 is 2.65 bits per heavy atom. The van der Waals surface area contributed by atoms with E-state index in [9.17, 15) is 0 Å².